The van der Waals surface area contributed by atoms with Crippen LogP contribution in [0, 0.1) is 6.33 Å². The molecular formula is C11H11Cl2LiN4OZn. The van der Waals surface area contributed by atoms with Gasteiger partial charge in [0.25, 0.3) is 0 Å². The normalized spacial score (nSPS) is 8.45. The predicted octanol–water partition coefficient (Wildman–Crippen LogP) is -4.41. The monoisotopic (exact) mass is 356 g/mol. The molecule has 0 aromatic carbocycles. The first-order valence-electron chi connectivity index (χ1n) is 5.04. The van der Waals surface area contributed by atoms with E-state index in [0.29, 0.717) is 5.69 Å². The zero-order chi connectivity index (χ0) is 13.5. The first-order chi connectivity index (χ1) is 8.70. The number of rotatable bonds is 2. The summed E-state index contributed by atoms with van der Waals surface area (Å²) in [6, 6.07) is 3.61. The van der Waals surface area contributed by atoms with Gasteiger partial charge in [0.2, 0.25) is 5.91 Å². The summed E-state index contributed by atoms with van der Waals surface area (Å²) in [5.74, 6) is -0.135. The van der Waals surface area contributed by atoms with Gasteiger partial charge in [0, 0.05) is 19.6 Å². The van der Waals surface area contributed by atoms with Crippen molar-refractivity contribution in [2.24, 2.45) is 7.05 Å². The van der Waals surface area contributed by atoms with Gasteiger partial charge in [-0.1, -0.05) is 6.20 Å². The van der Waals surface area contributed by atoms with Gasteiger partial charge in [-0.15, -0.1) is 0 Å². The molecule has 20 heavy (non-hydrogen) atoms. The zero-order valence-corrected chi connectivity index (χ0v) is 16.0. The van der Waals surface area contributed by atoms with E-state index in [1.54, 1.807) is 37.1 Å². The minimum absolute atomic E-state index is 0. The van der Waals surface area contributed by atoms with Crippen LogP contribution in [0.5, 0.6) is 0 Å². The zero-order valence-electron chi connectivity index (χ0n) is 11.5. The molecule has 9 heteroatoms. The molecule has 0 N–H and O–H groups in total. The summed E-state index contributed by atoms with van der Waals surface area (Å²) in [5, 5.41) is 0. The third-order valence-corrected chi connectivity index (χ3v) is 2.31. The number of nitrogens with zero attached hydrogens (tertiary/aromatic N) is 4. The van der Waals surface area contributed by atoms with Crippen LogP contribution in [0.4, 0.5) is 5.69 Å². The molecule has 0 aliphatic rings. The van der Waals surface area contributed by atoms with Crippen molar-refractivity contribution in [3.05, 3.63) is 42.7 Å². The quantitative estimate of drug-likeness (QED) is 0.402. The van der Waals surface area contributed by atoms with E-state index in [1.165, 1.54) is 11.1 Å². The van der Waals surface area contributed by atoms with E-state index in [4.69, 9.17) is 9.69 Å². The van der Waals surface area contributed by atoms with Crippen LogP contribution in [0.3, 0.4) is 0 Å². The molecule has 2 aromatic heterocycles. The van der Waals surface area contributed by atoms with Gasteiger partial charge in [0.15, 0.2) is 0 Å². The summed E-state index contributed by atoms with van der Waals surface area (Å²) in [4.78, 5) is 21.3. The molecule has 0 radical (unpaired) electrons. The average Bonchev–Trinajstić information content (AvgIpc) is 2.86. The largest absolute Gasteiger partial charge is 1.00 e. The fourth-order valence-electron chi connectivity index (χ4n) is 1.36. The summed E-state index contributed by atoms with van der Waals surface area (Å²) in [7, 11) is 8.20. The minimum atomic E-state index is -0.135. The van der Waals surface area contributed by atoms with E-state index in [-0.39, 0.29) is 37.2 Å². The van der Waals surface area contributed by atoms with Gasteiger partial charge in [-0.25, -0.2) is 0 Å². The maximum Gasteiger partial charge on any atom is 1.00 e. The molecule has 0 saturated carbocycles. The second-order valence-corrected chi connectivity index (χ2v) is 3.38. The molecule has 0 unspecified atom stereocenters. The van der Waals surface area contributed by atoms with Crippen molar-refractivity contribution in [3.63, 3.8) is 0 Å². The Kier molecular flexibility index (Phi) is 12.4. The molecule has 1 amide bonds. The van der Waals surface area contributed by atoms with Gasteiger partial charge < -0.3 is 26.9 Å². The van der Waals surface area contributed by atoms with E-state index in [9.17, 15) is 4.79 Å². The van der Waals surface area contributed by atoms with Gasteiger partial charge in [-0.3, -0.25) is 9.78 Å². The van der Waals surface area contributed by atoms with E-state index in [2.05, 4.69) is 16.3 Å². The van der Waals surface area contributed by atoms with Crippen LogP contribution in [-0.4, -0.2) is 27.5 Å². The van der Waals surface area contributed by atoms with Crippen LogP contribution >= 0.6 is 9.69 Å². The molecule has 0 spiro atoms. The Labute approximate surface area is 150 Å². The summed E-state index contributed by atoms with van der Waals surface area (Å²) in [5.41, 5.74) is 1.24. The number of anilines is 1. The van der Waals surface area contributed by atoms with Gasteiger partial charge in [0.05, 0.1) is 11.9 Å². The van der Waals surface area contributed by atoms with E-state index in [1.807, 2.05) is 6.07 Å². The smallest absolute Gasteiger partial charge is 1.00 e. The Hall–Kier alpha value is -0.369. The molecule has 2 aromatic rings. The molecule has 0 atom stereocenters. The second kappa shape index (κ2) is 11.3. The maximum atomic E-state index is 12.0. The van der Waals surface area contributed by atoms with Crippen LogP contribution in [0.2, 0.25) is 0 Å². The number of hydrogen-bond donors (Lipinski definition) is 0. The van der Waals surface area contributed by atoms with Crippen LogP contribution in [0.25, 0.3) is 0 Å². The number of hydrogen-bond acceptors (Lipinski definition) is 3. The van der Waals surface area contributed by atoms with Crippen molar-refractivity contribution in [3.8, 4) is 0 Å². The number of amides is 1. The number of carbonyl (C=O) groups is 1. The Balaban J connectivity index is 0. The molecule has 2 heterocycles. The van der Waals surface area contributed by atoms with Crippen LogP contribution in [0.1, 0.15) is 10.5 Å². The Morgan fingerprint density at radius 3 is 2.55 bits per heavy atom. The molecule has 0 aliphatic carbocycles. The topological polar surface area (TPSA) is 51.0 Å². The maximum absolute atomic E-state index is 12.0. The standard InChI is InChI=1S/C11H11N4O.2ClH.Li.Zn/c1-14-8-13-7-10(14)11(16)15(2)9-4-3-5-12-6-9;;;;/h3-7H,1-2H3;2*1H;;/q-1;;;+1;+2/p-2. The van der Waals surface area contributed by atoms with Crippen molar-refractivity contribution in [2.45, 2.75) is 0 Å². The number of pyridine rings is 1. The van der Waals surface area contributed by atoms with E-state index >= 15 is 0 Å². The predicted molar refractivity (Wildman–Crippen MR) is 64.9 cm³/mol. The van der Waals surface area contributed by atoms with Crippen LogP contribution in [0.15, 0.2) is 30.7 Å². The number of aromatic nitrogens is 3. The van der Waals surface area contributed by atoms with Crippen LogP contribution in [-0.2, 0) is 24.4 Å². The fraction of sp³-hybridized carbons (Fsp3) is 0.182. The van der Waals surface area contributed by atoms with Gasteiger partial charge in [-0.2, -0.15) is 0 Å². The third kappa shape index (κ3) is 5.55. The average molecular weight is 358 g/mol. The number of imidazole rings is 1. The summed E-state index contributed by atoms with van der Waals surface area (Å²) in [6.45, 7) is 0. The van der Waals surface area contributed by atoms with Gasteiger partial charge in [0.1, 0.15) is 0 Å². The molecule has 0 saturated heterocycles. The fourth-order valence-corrected chi connectivity index (χ4v) is 1.36. The molecule has 5 nitrogen and oxygen atoms in total. The molecule has 0 bridgehead atoms. The van der Waals surface area contributed by atoms with Crippen molar-refractivity contribution >= 4 is 21.3 Å². The first kappa shape index (κ1) is 21.9. The SMILES string of the molecule is CN(C(=O)c1cn[c-]n1C)c1cccnc1.[Cl-].[Cl][Zn+].[Li+]. The van der Waals surface area contributed by atoms with Crippen molar-refractivity contribution in [2.75, 3.05) is 11.9 Å². The Bertz CT molecular complexity index is 512. The number of aryl methyl sites for hydroxylation is 1. The molecule has 2 rings (SSSR count). The summed E-state index contributed by atoms with van der Waals surface area (Å²) >= 11 is 0.847. The van der Waals surface area contributed by atoms with Crippen molar-refractivity contribution in [1.82, 2.24) is 14.5 Å². The van der Waals surface area contributed by atoms with Crippen molar-refractivity contribution in [1.29, 1.82) is 0 Å². The minimum Gasteiger partial charge on any atom is 1.00 e. The van der Waals surface area contributed by atoms with Crippen LogP contribution < -0.4 is 36.2 Å². The summed E-state index contributed by atoms with van der Waals surface area (Å²) in [6.07, 6.45) is 7.46. The molecule has 0 fully saturated rings. The first-order valence-corrected chi connectivity index (χ1v) is 8.94. The second-order valence-electron chi connectivity index (χ2n) is 3.38. The molecule has 98 valence electrons. The van der Waals surface area contributed by atoms with Gasteiger partial charge in [-0.05, 0) is 24.9 Å². The van der Waals surface area contributed by atoms with Crippen molar-refractivity contribution < 1.29 is 53.4 Å². The molecular weight excluding hydrogens is 347 g/mol. The number of halogens is 2. The Morgan fingerprint density at radius 1 is 1.45 bits per heavy atom. The van der Waals surface area contributed by atoms with E-state index in [0.717, 1.165) is 23.0 Å². The Morgan fingerprint density at radius 2 is 2.10 bits per heavy atom. The van der Waals surface area contributed by atoms with Gasteiger partial charge >= 0.3 is 45.9 Å². The van der Waals surface area contributed by atoms with E-state index < -0.39 is 0 Å². The summed E-state index contributed by atoms with van der Waals surface area (Å²) < 4.78 is 1.56. The number of carbonyl (C=O) groups excluding carboxylic acids is 1. The molecule has 0 aliphatic heterocycles. The third-order valence-electron chi connectivity index (χ3n) is 2.31.